The molecule has 0 aliphatic rings. The number of amides is 1. The van der Waals surface area contributed by atoms with Crippen LogP contribution in [-0.4, -0.2) is 25.5 Å². The van der Waals surface area contributed by atoms with E-state index >= 15 is 0 Å². The molecule has 1 amide bonds. The van der Waals surface area contributed by atoms with Crippen LogP contribution in [0.5, 0.6) is 0 Å². The van der Waals surface area contributed by atoms with Gasteiger partial charge in [0.1, 0.15) is 5.82 Å². The van der Waals surface area contributed by atoms with Crippen LogP contribution in [0.15, 0.2) is 54.6 Å². The number of nitrogens with zero attached hydrogens (tertiary/aromatic N) is 4. The molecule has 0 radical (unpaired) electrons. The molecule has 0 spiro atoms. The van der Waals surface area contributed by atoms with Gasteiger partial charge in [-0.25, -0.2) is 18.9 Å². The number of halogens is 4. The molecule has 11 heteroatoms. The number of hydrogen-bond donors (Lipinski definition) is 1. The highest BCUT2D eigenvalue weighted by atomic mass is 32.1. The maximum Gasteiger partial charge on any atom is 0.433 e. The number of alkyl halides is 3. The van der Waals surface area contributed by atoms with Crippen LogP contribution in [0.25, 0.3) is 27.1 Å². The number of anilines is 1. The van der Waals surface area contributed by atoms with Gasteiger partial charge in [-0.3, -0.25) is 10.1 Å². The van der Waals surface area contributed by atoms with Crippen LogP contribution in [-0.2, 0) is 6.18 Å². The lowest BCUT2D eigenvalue weighted by atomic mass is 10.1. The number of rotatable bonds is 3. The first-order valence-corrected chi connectivity index (χ1v) is 10.4. The highest BCUT2D eigenvalue weighted by Gasteiger charge is 2.35. The van der Waals surface area contributed by atoms with E-state index in [0.29, 0.717) is 20.7 Å². The van der Waals surface area contributed by atoms with Crippen LogP contribution in [0.1, 0.15) is 21.7 Å². The van der Waals surface area contributed by atoms with E-state index < -0.39 is 23.6 Å². The SMILES string of the molecule is Cc1ccc2nc(NC(=O)c3cc4nc(-c5ccc(F)cc5)cc(C(F)(F)F)n4n3)sc2c1. The summed E-state index contributed by atoms with van der Waals surface area (Å²) in [6.45, 7) is 1.93. The van der Waals surface area contributed by atoms with Crippen molar-refractivity contribution in [2.45, 2.75) is 13.1 Å². The molecule has 0 aliphatic carbocycles. The first-order valence-electron chi connectivity index (χ1n) is 9.60. The molecule has 6 nitrogen and oxygen atoms in total. The number of carbonyl (C=O) groups excluding carboxylic acids is 1. The van der Waals surface area contributed by atoms with Gasteiger partial charge in [0.2, 0.25) is 0 Å². The van der Waals surface area contributed by atoms with Gasteiger partial charge >= 0.3 is 6.18 Å². The number of aryl methyl sites for hydroxylation is 1. The molecule has 0 saturated heterocycles. The van der Waals surface area contributed by atoms with Gasteiger partial charge in [0, 0.05) is 11.6 Å². The number of thiazole rings is 1. The number of carbonyl (C=O) groups is 1. The van der Waals surface area contributed by atoms with E-state index in [-0.39, 0.29) is 17.0 Å². The number of fused-ring (bicyclic) bond motifs is 2. The predicted molar refractivity (Wildman–Crippen MR) is 116 cm³/mol. The van der Waals surface area contributed by atoms with E-state index in [9.17, 15) is 22.4 Å². The number of nitrogens with one attached hydrogen (secondary N) is 1. The van der Waals surface area contributed by atoms with Crippen molar-refractivity contribution < 1.29 is 22.4 Å². The average Bonchev–Trinajstić information content (AvgIpc) is 3.36. The summed E-state index contributed by atoms with van der Waals surface area (Å²) >= 11 is 1.25. The summed E-state index contributed by atoms with van der Waals surface area (Å²) in [4.78, 5) is 21.2. The predicted octanol–water partition coefficient (Wildman–Crippen LogP) is 5.72. The lowest BCUT2D eigenvalue weighted by Gasteiger charge is -2.11. The van der Waals surface area contributed by atoms with Gasteiger partial charge in [-0.05, 0) is 55.0 Å². The minimum atomic E-state index is -4.76. The van der Waals surface area contributed by atoms with Gasteiger partial charge in [0.05, 0.1) is 15.9 Å². The number of benzene rings is 2. The minimum Gasteiger partial charge on any atom is -0.296 e. The van der Waals surface area contributed by atoms with Crippen molar-refractivity contribution in [3.05, 3.63) is 77.4 Å². The quantitative estimate of drug-likeness (QED) is 0.342. The second-order valence-corrected chi connectivity index (χ2v) is 8.31. The molecule has 2 aromatic carbocycles. The van der Waals surface area contributed by atoms with Gasteiger partial charge < -0.3 is 0 Å². The third-order valence-corrected chi connectivity index (χ3v) is 5.79. The fraction of sp³-hybridized carbons (Fsp3) is 0.0909. The van der Waals surface area contributed by atoms with E-state index in [1.54, 1.807) is 0 Å². The molecular weight excluding hydrogens is 458 g/mol. The second-order valence-electron chi connectivity index (χ2n) is 7.28. The fourth-order valence-corrected chi connectivity index (χ4v) is 4.26. The molecule has 0 atom stereocenters. The van der Waals surface area contributed by atoms with Crippen molar-refractivity contribution in [2.75, 3.05) is 5.32 Å². The largest absolute Gasteiger partial charge is 0.433 e. The zero-order valence-corrected chi connectivity index (χ0v) is 17.6. The maximum atomic E-state index is 13.7. The summed E-state index contributed by atoms with van der Waals surface area (Å²) < 4.78 is 55.8. The Balaban J connectivity index is 1.54. The molecule has 0 unspecified atom stereocenters. The average molecular weight is 471 g/mol. The maximum absolute atomic E-state index is 13.7. The van der Waals surface area contributed by atoms with Crippen molar-refractivity contribution in [1.82, 2.24) is 19.6 Å². The minimum absolute atomic E-state index is 0.0248. The topological polar surface area (TPSA) is 72.2 Å². The lowest BCUT2D eigenvalue weighted by molar-refractivity contribution is -0.142. The van der Waals surface area contributed by atoms with Crippen LogP contribution < -0.4 is 5.32 Å². The summed E-state index contributed by atoms with van der Waals surface area (Å²) in [7, 11) is 0. The Labute approximate surface area is 187 Å². The van der Waals surface area contributed by atoms with Crippen molar-refractivity contribution in [3.63, 3.8) is 0 Å². The van der Waals surface area contributed by atoms with Crippen LogP contribution in [0, 0.1) is 12.7 Å². The van der Waals surface area contributed by atoms with E-state index in [4.69, 9.17) is 0 Å². The second kappa shape index (κ2) is 7.62. The molecule has 5 aromatic rings. The number of aromatic nitrogens is 4. The number of hydrogen-bond acceptors (Lipinski definition) is 5. The molecule has 166 valence electrons. The molecule has 0 fully saturated rings. The van der Waals surface area contributed by atoms with E-state index in [0.717, 1.165) is 34.5 Å². The molecular formula is C22H13F4N5OS. The van der Waals surface area contributed by atoms with Crippen LogP contribution in [0.3, 0.4) is 0 Å². The van der Waals surface area contributed by atoms with Crippen molar-refractivity contribution >= 4 is 38.2 Å². The summed E-state index contributed by atoms with van der Waals surface area (Å²) in [5.74, 6) is -1.24. The Hall–Kier alpha value is -3.86. The summed E-state index contributed by atoms with van der Waals surface area (Å²) in [5, 5.41) is 6.71. The van der Waals surface area contributed by atoms with Crippen molar-refractivity contribution in [3.8, 4) is 11.3 Å². The fourth-order valence-electron chi connectivity index (χ4n) is 3.30. The molecule has 33 heavy (non-hydrogen) atoms. The third kappa shape index (κ3) is 4.02. The Kier molecular flexibility index (Phi) is 4.85. The highest BCUT2D eigenvalue weighted by Crippen LogP contribution is 2.33. The standard InChI is InChI=1S/C22H13F4N5OS/c1-11-2-7-14-17(8-11)33-21(28-14)29-20(32)16-10-19-27-15(12-3-5-13(23)6-4-12)9-18(22(24,25)26)31(19)30-16/h2-10H,1H3,(H,28,29,32). The molecule has 0 aliphatic heterocycles. The summed E-state index contributed by atoms with van der Waals surface area (Å²) in [6, 6.07) is 12.5. The molecule has 0 saturated carbocycles. The molecule has 3 aromatic heterocycles. The van der Waals surface area contributed by atoms with Crippen LogP contribution in [0.4, 0.5) is 22.7 Å². The Morgan fingerprint density at radius 1 is 1.03 bits per heavy atom. The Morgan fingerprint density at radius 2 is 1.79 bits per heavy atom. The molecule has 3 heterocycles. The highest BCUT2D eigenvalue weighted by molar-refractivity contribution is 7.22. The zero-order valence-electron chi connectivity index (χ0n) is 16.8. The third-order valence-electron chi connectivity index (χ3n) is 4.85. The first kappa shape index (κ1) is 21.0. The van der Waals surface area contributed by atoms with Crippen LogP contribution >= 0.6 is 11.3 Å². The normalized spacial score (nSPS) is 11.9. The Morgan fingerprint density at radius 3 is 2.52 bits per heavy atom. The van der Waals surface area contributed by atoms with E-state index in [1.807, 2.05) is 25.1 Å². The lowest BCUT2D eigenvalue weighted by Crippen LogP contribution is -2.15. The van der Waals surface area contributed by atoms with Gasteiger partial charge in [-0.1, -0.05) is 17.4 Å². The van der Waals surface area contributed by atoms with E-state index in [1.165, 1.54) is 23.5 Å². The summed E-state index contributed by atoms with van der Waals surface area (Å²) in [5.41, 5.74) is 0.466. The monoisotopic (exact) mass is 471 g/mol. The van der Waals surface area contributed by atoms with Gasteiger partial charge in [-0.2, -0.15) is 18.3 Å². The van der Waals surface area contributed by atoms with Gasteiger partial charge in [0.15, 0.2) is 22.2 Å². The first-order chi connectivity index (χ1) is 15.7. The molecule has 0 bridgehead atoms. The van der Waals surface area contributed by atoms with E-state index in [2.05, 4.69) is 20.4 Å². The van der Waals surface area contributed by atoms with Crippen molar-refractivity contribution in [2.24, 2.45) is 0 Å². The van der Waals surface area contributed by atoms with Crippen molar-refractivity contribution in [1.29, 1.82) is 0 Å². The van der Waals surface area contributed by atoms with Gasteiger partial charge in [-0.15, -0.1) is 0 Å². The smallest absolute Gasteiger partial charge is 0.296 e. The van der Waals surface area contributed by atoms with Gasteiger partial charge in [0.25, 0.3) is 5.91 Å². The molecule has 1 N–H and O–H groups in total. The summed E-state index contributed by atoms with van der Waals surface area (Å²) in [6.07, 6.45) is -4.76. The molecule has 5 rings (SSSR count). The van der Waals surface area contributed by atoms with Crippen LogP contribution in [0.2, 0.25) is 0 Å². The zero-order chi connectivity index (χ0) is 23.3. The Bertz CT molecular complexity index is 1520.